The Labute approximate surface area is 167 Å². The van der Waals surface area contributed by atoms with Gasteiger partial charge in [-0.25, -0.2) is 9.50 Å². The minimum atomic E-state index is 0.710. The molecule has 0 aromatic carbocycles. The van der Waals surface area contributed by atoms with Gasteiger partial charge in [-0.2, -0.15) is 10.2 Å². The van der Waals surface area contributed by atoms with Crippen molar-refractivity contribution in [2.45, 2.75) is 6.92 Å². The van der Waals surface area contributed by atoms with Crippen LogP contribution >= 0.6 is 0 Å². The molecule has 0 amide bonds. The van der Waals surface area contributed by atoms with Crippen LogP contribution in [-0.2, 0) is 7.05 Å². The summed E-state index contributed by atoms with van der Waals surface area (Å²) < 4.78 is 11.2. The van der Waals surface area contributed by atoms with Crippen LogP contribution in [0.15, 0.2) is 55.4 Å². The molecule has 0 unspecified atom stereocenters. The molecule has 5 rings (SSSR count). The van der Waals surface area contributed by atoms with Crippen molar-refractivity contribution >= 4 is 11.2 Å². The molecular weight excluding hydrogens is 364 g/mol. The predicted octanol–water partition coefficient (Wildman–Crippen LogP) is 3.10. The van der Waals surface area contributed by atoms with Gasteiger partial charge in [0.25, 0.3) is 0 Å². The highest BCUT2D eigenvalue weighted by molar-refractivity contribution is 5.75. The normalized spacial score (nSPS) is 11.0. The first kappa shape index (κ1) is 17.1. The van der Waals surface area contributed by atoms with Gasteiger partial charge in [0.1, 0.15) is 22.6 Å². The highest BCUT2D eigenvalue weighted by Crippen LogP contribution is 2.29. The second-order valence-electron chi connectivity index (χ2n) is 6.83. The molecule has 5 heterocycles. The number of aromatic nitrogens is 6. The third-order valence-electron chi connectivity index (χ3n) is 4.89. The highest BCUT2D eigenvalue weighted by atomic mass is 16.5. The maximum atomic E-state index is 5.65. The molecular formula is C22H18N6O. The molecule has 0 bridgehead atoms. The van der Waals surface area contributed by atoms with E-state index in [1.54, 1.807) is 28.7 Å². The molecule has 0 aliphatic carbocycles. The van der Waals surface area contributed by atoms with Crippen LogP contribution in [0.1, 0.15) is 16.8 Å². The van der Waals surface area contributed by atoms with Crippen LogP contribution in [-0.4, -0.2) is 35.9 Å². The van der Waals surface area contributed by atoms with Crippen LogP contribution in [0.25, 0.3) is 22.3 Å². The van der Waals surface area contributed by atoms with Gasteiger partial charge in [0, 0.05) is 36.8 Å². The molecule has 0 saturated heterocycles. The summed E-state index contributed by atoms with van der Waals surface area (Å²) in [4.78, 5) is 4.47. The fourth-order valence-corrected chi connectivity index (χ4v) is 3.43. The van der Waals surface area contributed by atoms with E-state index in [1.807, 2.05) is 61.4 Å². The van der Waals surface area contributed by atoms with E-state index >= 15 is 0 Å². The molecule has 0 N–H and O–H groups in total. The monoisotopic (exact) mass is 382 g/mol. The summed E-state index contributed by atoms with van der Waals surface area (Å²) in [5.74, 6) is 7.16. The first-order valence-electron chi connectivity index (χ1n) is 9.13. The molecule has 142 valence electrons. The van der Waals surface area contributed by atoms with Gasteiger partial charge in [-0.15, -0.1) is 0 Å². The maximum absolute atomic E-state index is 5.65. The van der Waals surface area contributed by atoms with Crippen LogP contribution in [0.3, 0.4) is 0 Å². The Bertz CT molecular complexity index is 1430. The van der Waals surface area contributed by atoms with Crippen molar-refractivity contribution in [3.8, 4) is 28.7 Å². The van der Waals surface area contributed by atoms with Crippen molar-refractivity contribution in [3.05, 3.63) is 72.2 Å². The number of hydrogen-bond acceptors (Lipinski definition) is 4. The zero-order valence-electron chi connectivity index (χ0n) is 16.3. The smallest absolute Gasteiger partial charge is 0.146 e. The van der Waals surface area contributed by atoms with Gasteiger partial charge < -0.3 is 4.74 Å². The average molecular weight is 382 g/mol. The number of rotatable bonds is 2. The Morgan fingerprint density at radius 2 is 1.93 bits per heavy atom. The van der Waals surface area contributed by atoms with Gasteiger partial charge in [-0.1, -0.05) is 12.0 Å². The molecule has 5 aromatic heterocycles. The number of pyridine rings is 2. The minimum absolute atomic E-state index is 0.710. The van der Waals surface area contributed by atoms with E-state index < -0.39 is 0 Å². The van der Waals surface area contributed by atoms with Gasteiger partial charge in [0.2, 0.25) is 0 Å². The highest BCUT2D eigenvalue weighted by Gasteiger charge is 2.12. The van der Waals surface area contributed by atoms with Crippen molar-refractivity contribution in [1.82, 2.24) is 28.8 Å². The standard InChI is InChI=1S/C22H18N6O/c1-15-5-4-8-27-19(12-23-22(15)27)7-6-16-10-25-28-14-17(9-20(29-3)21(16)28)18-11-24-26(2)13-18/h4-5,8-14H,1-3H3. The van der Waals surface area contributed by atoms with Gasteiger partial charge in [-0.05, 0) is 30.5 Å². The van der Waals surface area contributed by atoms with Crippen molar-refractivity contribution in [2.75, 3.05) is 7.11 Å². The summed E-state index contributed by atoms with van der Waals surface area (Å²) >= 11 is 0. The second-order valence-corrected chi connectivity index (χ2v) is 6.83. The van der Waals surface area contributed by atoms with E-state index in [0.29, 0.717) is 5.75 Å². The van der Waals surface area contributed by atoms with Crippen LogP contribution in [0.4, 0.5) is 0 Å². The van der Waals surface area contributed by atoms with Gasteiger partial charge >= 0.3 is 0 Å². The molecule has 5 aromatic rings. The summed E-state index contributed by atoms with van der Waals surface area (Å²) in [5, 5.41) is 8.72. The number of imidazole rings is 1. The van der Waals surface area contributed by atoms with Crippen molar-refractivity contribution in [2.24, 2.45) is 7.05 Å². The summed E-state index contributed by atoms with van der Waals surface area (Å²) in [6.45, 7) is 2.04. The summed E-state index contributed by atoms with van der Waals surface area (Å²) in [6.07, 6.45) is 11.2. The third-order valence-corrected chi connectivity index (χ3v) is 4.89. The number of hydrogen-bond donors (Lipinski definition) is 0. The summed E-state index contributed by atoms with van der Waals surface area (Å²) in [6, 6.07) is 6.01. The number of methoxy groups -OCH3 is 1. The molecule has 0 atom stereocenters. The molecule has 0 aliphatic rings. The SMILES string of the molecule is COc1cc(-c2cnn(C)c2)cn2ncc(C#Cc3cnc4c(C)cccn34)c12. The van der Waals surface area contributed by atoms with Crippen LogP contribution in [0, 0.1) is 18.8 Å². The van der Waals surface area contributed by atoms with Crippen molar-refractivity contribution in [1.29, 1.82) is 0 Å². The lowest BCUT2D eigenvalue weighted by Gasteiger charge is -2.06. The molecule has 7 heteroatoms. The van der Waals surface area contributed by atoms with E-state index in [9.17, 15) is 0 Å². The average Bonchev–Trinajstić information content (AvgIpc) is 3.44. The lowest BCUT2D eigenvalue weighted by molar-refractivity contribution is 0.417. The predicted molar refractivity (Wildman–Crippen MR) is 110 cm³/mol. The topological polar surface area (TPSA) is 61.7 Å². The summed E-state index contributed by atoms with van der Waals surface area (Å²) in [5.41, 5.74) is 6.45. The zero-order chi connectivity index (χ0) is 20.0. The van der Waals surface area contributed by atoms with E-state index in [1.165, 1.54) is 0 Å². The lowest BCUT2D eigenvalue weighted by atomic mass is 10.1. The lowest BCUT2D eigenvalue weighted by Crippen LogP contribution is -1.94. The first-order chi connectivity index (χ1) is 14.1. The molecule has 0 aliphatic heterocycles. The molecule has 0 fully saturated rings. The summed E-state index contributed by atoms with van der Waals surface area (Å²) in [7, 11) is 3.54. The number of ether oxygens (including phenoxy) is 1. The van der Waals surface area contributed by atoms with E-state index in [0.717, 1.165) is 39.1 Å². The molecule has 0 spiro atoms. The van der Waals surface area contributed by atoms with Crippen LogP contribution < -0.4 is 4.74 Å². The molecule has 7 nitrogen and oxygen atoms in total. The Morgan fingerprint density at radius 3 is 2.72 bits per heavy atom. The van der Waals surface area contributed by atoms with E-state index in [2.05, 4.69) is 27.0 Å². The molecule has 0 saturated carbocycles. The minimum Gasteiger partial charge on any atom is -0.494 e. The molecule has 29 heavy (non-hydrogen) atoms. The Balaban J connectivity index is 1.61. The largest absolute Gasteiger partial charge is 0.494 e. The zero-order valence-corrected chi connectivity index (χ0v) is 16.3. The Hall–Kier alpha value is -4.05. The first-order valence-corrected chi connectivity index (χ1v) is 9.13. The van der Waals surface area contributed by atoms with Crippen LogP contribution in [0.2, 0.25) is 0 Å². The van der Waals surface area contributed by atoms with Gasteiger partial charge in [0.05, 0.1) is 31.3 Å². The van der Waals surface area contributed by atoms with Crippen molar-refractivity contribution < 1.29 is 4.74 Å². The fourth-order valence-electron chi connectivity index (χ4n) is 3.43. The fraction of sp³-hybridized carbons (Fsp3) is 0.136. The Morgan fingerprint density at radius 1 is 1.03 bits per heavy atom. The van der Waals surface area contributed by atoms with Gasteiger partial charge in [-0.3, -0.25) is 9.08 Å². The number of aryl methyl sites for hydroxylation is 2. The van der Waals surface area contributed by atoms with E-state index in [-0.39, 0.29) is 0 Å². The molecule has 0 radical (unpaired) electrons. The van der Waals surface area contributed by atoms with E-state index in [4.69, 9.17) is 4.74 Å². The maximum Gasteiger partial charge on any atom is 0.146 e. The Kier molecular flexibility index (Phi) is 3.85. The number of fused-ring (bicyclic) bond motifs is 2. The number of nitrogens with zero attached hydrogens (tertiary/aromatic N) is 6. The third kappa shape index (κ3) is 2.82. The van der Waals surface area contributed by atoms with Crippen molar-refractivity contribution in [3.63, 3.8) is 0 Å². The van der Waals surface area contributed by atoms with Gasteiger partial charge in [0.15, 0.2) is 0 Å². The second kappa shape index (κ2) is 6.53. The van der Waals surface area contributed by atoms with Crippen LogP contribution in [0.5, 0.6) is 5.75 Å². The quantitative estimate of drug-likeness (QED) is 0.440.